The van der Waals surface area contributed by atoms with Crippen molar-refractivity contribution in [3.63, 3.8) is 0 Å². The number of ether oxygens (including phenoxy) is 2. The van der Waals surface area contributed by atoms with E-state index in [9.17, 15) is 14.7 Å². The summed E-state index contributed by atoms with van der Waals surface area (Å²) in [5.41, 5.74) is -0.117. The standard InChI is InChI=1S/C17H28O5/c1-12(15(20)22-5)7-6-9-17(3)13(18)8-10-16(17,2)11-14(19)21-4/h7,13,18H,6,8-11H2,1-5H3/b12-7+/t13-,16+,17+/m0/s1. The van der Waals surface area contributed by atoms with Crippen molar-refractivity contribution in [2.75, 3.05) is 14.2 Å². The van der Waals surface area contributed by atoms with Crippen LogP contribution < -0.4 is 0 Å². The summed E-state index contributed by atoms with van der Waals surface area (Å²) in [6.07, 6.45) is 4.52. The summed E-state index contributed by atoms with van der Waals surface area (Å²) in [6.45, 7) is 5.78. The largest absolute Gasteiger partial charge is 0.469 e. The van der Waals surface area contributed by atoms with Gasteiger partial charge in [0, 0.05) is 5.57 Å². The van der Waals surface area contributed by atoms with Gasteiger partial charge in [-0.2, -0.15) is 0 Å². The van der Waals surface area contributed by atoms with Gasteiger partial charge in [-0.15, -0.1) is 0 Å². The zero-order valence-electron chi connectivity index (χ0n) is 14.3. The summed E-state index contributed by atoms with van der Waals surface area (Å²) >= 11 is 0. The Hall–Kier alpha value is -1.36. The zero-order valence-corrected chi connectivity index (χ0v) is 14.3. The molecule has 1 aliphatic rings. The molecule has 0 aliphatic heterocycles. The highest BCUT2D eigenvalue weighted by Gasteiger charge is 2.54. The van der Waals surface area contributed by atoms with Crippen molar-refractivity contribution in [1.29, 1.82) is 0 Å². The van der Waals surface area contributed by atoms with Crippen molar-refractivity contribution in [3.8, 4) is 0 Å². The molecule has 1 fully saturated rings. The number of methoxy groups -OCH3 is 2. The van der Waals surface area contributed by atoms with Gasteiger partial charge in [0.25, 0.3) is 0 Å². The normalized spacial score (nSPS) is 31.9. The van der Waals surface area contributed by atoms with Crippen molar-refractivity contribution in [3.05, 3.63) is 11.6 Å². The van der Waals surface area contributed by atoms with Crippen molar-refractivity contribution in [2.24, 2.45) is 10.8 Å². The molecule has 0 heterocycles. The first-order chi connectivity index (χ1) is 10.2. The highest BCUT2D eigenvalue weighted by atomic mass is 16.5. The van der Waals surface area contributed by atoms with E-state index in [2.05, 4.69) is 4.74 Å². The minimum absolute atomic E-state index is 0.246. The van der Waals surface area contributed by atoms with E-state index in [1.165, 1.54) is 14.2 Å². The highest BCUT2D eigenvalue weighted by Crippen LogP contribution is 2.57. The minimum atomic E-state index is -0.450. The summed E-state index contributed by atoms with van der Waals surface area (Å²) < 4.78 is 9.47. The number of hydrogen-bond donors (Lipinski definition) is 1. The van der Waals surface area contributed by atoms with Crippen LogP contribution in [-0.4, -0.2) is 37.4 Å². The summed E-state index contributed by atoms with van der Waals surface area (Å²) in [4.78, 5) is 23.1. The van der Waals surface area contributed by atoms with E-state index in [-0.39, 0.29) is 22.8 Å². The number of aliphatic hydroxyl groups excluding tert-OH is 1. The number of carbonyl (C=O) groups is 2. The molecular weight excluding hydrogens is 284 g/mol. The van der Waals surface area contributed by atoms with E-state index in [4.69, 9.17) is 4.74 Å². The van der Waals surface area contributed by atoms with Crippen LogP contribution in [0.5, 0.6) is 0 Å². The van der Waals surface area contributed by atoms with Gasteiger partial charge >= 0.3 is 11.9 Å². The van der Waals surface area contributed by atoms with Crippen molar-refractivity contribution in [2.45, 2.75) is 59.0 Å². The Labute approximate surface area is 132 Å². The zero-order chi connectivity index (χ0) is 17.0. The van der Waals surface area contributed by atoms with Crippen LogP contribution in [0.2, 0.25) is 0 Å². The summed E-state index contributed by atoms with van der Waals surface area (Å²) in [6, 6.07) is 0. The summed E-state index contributed by atoms with van der Waals surface area (Å²) in [5.74, 6) is -0.585. The van der Waals surface area contributed by atoms with Gasteiger partial charge in [-0.25, -0.2) is 4.79 Å². The maximum atomic E-state index is 11.7. The third-order valence-electron chi connectivity index (χ3n) is 5.47. The molecule has 1 aliphatic carbocycles. The van der Waals surface area contributed by atoms with E-state index in [1.54, 1.807) is 6.92 Å². The Bertz CT molecular complexity index is 456. The van der Waals surface area contributed by atoms with Gasteiger partial charge in [0.1, 0.15) is 0 Å². The van der Waals surface area contributed by atoms with E-state index in [0.717, 1.165) is 6.42 Å². The Morgan fingerprint density at radius 2 is 1.91 bits per heavy atom. The molecule has 0 spiro atoms. The van der Waals surface area contributed by atoms with Gasteiger partial charge in [0.2, 0.25) is 0 Å². The number of aliphatic hydroxyl groups is 1. The lowest BCUT2D eigenvalue weighted by Crippen LogP contribution is -2.41. The molecule has 0 radical (unpaired) electrons. The fourth-order valence-corrected chi connectivity index (χ4v) is 3.44. The molecule has 0 aromatic rings. The number of rotatable bonds is 6. The SMILES string of the molecule is COC(=O)C[C@@]1(C)CC[C@H](O)[C@@]1(C)CC/C=C(\C)C(=O)OC. The van der Waals surface area contributed by atoms with Crippen LogP contribution in [0, 0.1) is 10.8 Å². The Morgan fingerprint density at radius 3 is 2.45 bits per heavy atom. The van der Waals surface area contributed by atoms with Gasteiger partial charge in [0.05, 0.1) is 26.7 Å². The summed E-state index contributed by atoms with van der Waals surface area (Å²) in [5, 5.41) is 10.4. The first-order valence-electron chi connectivity index (χ1n) is 7.70. The second kappa shape index (κ2) is 7.27. The number of hydrogen-bond acceptors (Lipinski definition) is 5. The van der Waals surface area contributed by atoms with E-state index in [0.29, 0.717) is 31.3 Å². The lowest BCUT2D eigenvalue weighted by molar-refractivity contribution is -0.146. The molecule has 0 bridgehead atoms. The van der Waals surface area contributed by atoms with Crippen LogP contribution in [0.25, 0.3) is 0 Å². The predicted molar refractivity (Wildman–Crippen MR) is 83.1 cm³/mol. The first-order valence-corrected chi connectivity index (χ1v) is 7.70. The maximum absolute atomic E-state index is 11.7. The second-order valence-electron chi connectivity index (χ2n) is 6.70. The predicted octanol–water partition coefficient (Wildman–Crippen LogP) is 2.62. The van der Waals surface area contributed by atoms with Gasteiger partial charge in [-0.1, -0.05) is 19.9 Å². The smallest absolute Gasteiger partial charge is 0.333 e. The van der Waals surface area contributed by atoms with Gasteiger partial charge in [0.15, 0.2) is 0 Å². The molecule has 5 nitrogen and oxygen atoms in total. The molecule has 0 unspecified atom stereocenters. The minimum Gasteiger partial charge on any atom is -0.469 e. The second-order valence-corrected chi connectivity index (χ2v) is 6.70. The lowest BCUT2D eigenvalue weighted by atomic mass is 9.63. The van der Waals surface area contributed by atoms with Crippen molar-refractivity contribution >= 4 is 11.9 Å². The molecule has 0 amide bonds. The molecule has 0 saturated heterocycles. The Morgan fingerprint density at radius 1 is 1.27 bits per heavy atom. The molecule has 1 saturated carbocycles. The van der Waals surface area contributed by atoms with Crippen LogP contribution in [0.15, 0.2) is 11.6 Å². The van der Waals surface area contributed by atoms with Crippen LogP contribution in [0.1, 0.15) is 52.9 Å². The number of allylic oxidation sites excluding steroid dienone is 1. The number of carbonyl (C=O) groups excluding carboxylic acids is 2. The molecule has 0 aromatic heterocycles. The van der Waals surface area contributed by atoms with Crippen molar-refractivity contribution in [1.82, 2.24) is 0 Å². The average molecular weight is 312 g/mol. The molecule has 22 heavy (non-hydrogen) atoms. The van der Waals surface area contributed by atoms with Crippen LogP contribution in [-0.2, 0) is 19.1 Å². The molecule has 1 rings (SSSR count). The van der Waals surface area contributed by atoms with Gasteiger partial charge in [-0.3, -0.25) is 4.79 Å². The molecule has 5 heteroatoms. The average Bonchev–Trinajstić information content (AvgIpc) is 2.70. The Kier molecular flexibility index (Phi) is 6.17. The lowest BCUT2D eigenvalue weighted by Gasteiger charge is -2.42. The molecule has 0 aromatic carbocycles. The third-order valence-corrected chi connectivity index (χ3v) is 5.47. The maximum Gasteiger partial charge on any atom is 0.333 e. The topological polar surface area (TPSA) is 72.8 Å². The molecule has 1 N–H and O–H groups in total. The third kappa shape index (κ3) is 3.69. The van der Waals surface area contributed by atoms with Gasteiger partial charge < -0.3 is 14.6 Å². The quantitative estimate of drug-likeness (QED) is 0.603. The van der Waals surface area contributed by atoms with Crippen LogP contribution in [0.4, 0.5) is 0 Å². The monoisotopic (exact) mass is 312 g/mol. The fraction of sp³-hybridized carbons (Fsp3) is 0.765. The molecular formula is C17H28O5. The van der Waals surface area contributed by atoms with Crippen LogP contribution in [0.3, 0.4) is 0 Å². The van der Waals surface area contributed by atoms with Crippen LogP contribution >= 0.6 is 0 Å². The number of esters is 2. The van der Waals surface area contributed by atoms with Crippen molar-refractivity contribution < 1.29 is 24.2 Å². The van der Waals surface area contributed by atoms with E-state index >= 15 is 0 Å². The highest BCUT2D eigenvalue weighted by molar-refractivity contribution is 5.87. The van der Waals surface area contributed by atoms with E-state index < -0.39 is 6.10 Å². The molecule has 3 atom stereocenters. The summed E-state index contributed by atoms with van der Waals surface area (Å²) in [7, 11) is 2.74. The first kappa shape index (κ1) is 18.7. The van der Waals surface area contributed by atoms with E-state index in [1.807, 2.05) is 19.9 Å². The Balaban J connectivity index is 2.83. The van der Waals surface area contributed by atoms with Gasteiger partial charge in [-0.05, 0) is 43.4 Å². The fourth-order valence-electron chi connectivity index (χ4n) is 3.44. The molecule has 126 valence electrons.